The van der Waals surface area contributed by atoms with E-state index in [1.165, 1.54) is 0 Å². The van der Waals surface area contributed by atoms with Gasteiger partial charge < -0.3 is 9.84 Å². The second kappa shape index (κ2) is 6.59. The Hall–Kier alpha value is -1.06. The van der Waals surface area contributed by atoms with Gasteiger partial charge in [-0.3, -0.25) is 9.59 Å². The molecule has 0 aromatic carbocycles. The van der Waals surface area contributed by atoms with Gasteiger partial charge in [-0.2, -0.15) is 0 Å². The summed E-state index contributed by atoms with van der Waals surface area (Å²) >= 11 is 0. The summed E-state index contributed by atoms with van der Waals surface area (Å²) in [6.07, 6.45) is 5.24. The molecule has 0 radical (unpaired) electrons. The second-order valence-electron chi connectivity index (χ2n) is 7.02. The van der Waals surface area contributed by atoms with Gasteiger partial charge in [-0.05, 0) is 46.5 Å². The fraction of sp³-hybridized carbons (Fsp3) is 0.875. The molecule has 1 N–H and O–H groups in total. The first-order valence-electron chi connectivity index (χ1n) is 7.66. The maximum absolute atomic E-state index is 12.3. The lowest BCUT2D eigenvalue weighted by atomic mass is 9.76. The van der Waals surface area contributed by atoms with Crippen LogP contribution in [0.1, 0.15) is 72.6 Å². The van der Waals surface area contributed by atoms with Crippen LogP contribution in [0.5, 0.6) is 0 Å². The van der Waals surface area contributed by atoms with Crippen LogP contribution in [0.2, 0.25) is 0 Å². The Kier molecular flexibility index (Phi) is 5.60. The third-order valence-electron chi connectivity index (χ3n) is 4.03. The Labute approximate surface area is 121 Å². The molecule has 0 spiro atoms. The van der Waals surface area contributed by atoms with E-state index in [2.05, 4.69) is 0 Å². The second-order valence-corrected chi connectivity index (χ2v) is 7.02. The first kappa shape index (κ1) is 17.0. The van der Waals surface area contributed by atoms with Crippen molar-refractivity contribution in [1.82, 2.24) is 0 Å². The largest absolute Gasteiger partial charge is 0.481 e. The fourth-order valence-electron chi connectivity index (χ4n) is 3.07. The van der Waals surface area contributed by atoms with E-state index in [1.807, 2.05) is 27.7 Å². The van der Waals surface area contributed by atoms with E-state index in [9.17, 15) is 14.7 Å². The van der Waals surface area contributed by atoms with Gasteiger partial charge in [0.1, 0.15) is 5.60 Å². The van der Waals surface area contributed by atoms with Crippen LogP contribution < -0.4 is 0 Å². The summed E-state index contributed by atoms with van der Waals surface area (Å²) in [5.74, 6) is -1.29. The highest BCUT2D eigenvalue weighted by Gasteiger charge is 2.44. The van der Waals surface area contributed by atoms with Crippen LogP contribution in [-0.4, -0.2) is 22.6 Å². The molecule has 20 heavy (non-hydrogen) atoms. The first-order chi connectivity index (χ1) is 9.20. The number of ether oxygens (including phenoxy) is 1. The molecule has 0 unspecified atom stereocenters. The highest BCUT2D eigenvalue weighted by Crippen LogP contribution is 2.44. The zero-order chi connectivity index (χ0) is 15.4. The van der Waals surface area contributed by atoms with Crippen molar-refractivity contribution in [1.29, 1.82) is 0 Å². The van der Waals surface area contributed by atoms with E-state index in [0.717, 1.165) is 19.3 Å². The smallest absolute Gasteiger partial charge is 0.309 e. The van der Waals surface area contributed by atoms with Gasteiger partial charge in [0.2, 0.25) is 0 Å². The Morgan fingerprint density at radius 1 is 1.25 bits per heavy atom. The van der Waals surface area contributed by atoms with Crippen molar-refractivity contribution < 1.29 is 19.4 Å². The van der Waals surface area contributed by atoms with Gasteiger partial charge in [0.05, 0.1) is 11.3 Å². The molecule has 116 valence electrons. The molecule has 4 nitrogen and oxygen atoms in total. The molecule has 0 aromatic rings. The van der Waals surface area contributed by atoms with E-state index in [1.54, 1.807) is 0 Å². The summed E-state index contributed by atoms with van der Waals surface area (Å²) in [5.41, 5.74) is -1.23. The highest BCUT2D eigenvalue weighted by atomic mass is 16.6. The van der Waals surface area contributed by atoms with E-state index in [0.29, 0.717) is 25.7 Å². The van der Waals surface area contributed by atoms with Crippen LogP contribution in [-0.2, 0) is 14.3 Å². The summed E-state index contributed by atoms with van der Waals surface area (Å²) in [7, 11) is 0. The average Bonchev–Trinajstić information content (AvgIpc) is 2.76. The van der Waals surface area contributed by atoms with Gasteiger partial charge in [0.25, 0.3) is 0 Å². The molecule has 0 aromatic heterocycles. The van der Waals surface area contributed by atoms with E-state index >= 15 is 0 Å². The lowest BCUT2D eigenvalue weighted by Crippen LogP contribution is -2.35. The van der Waals surface area contributed by atoms with Crippen molar-refractivity contribution in [2.75, 3.05) is 0 Å². The van der Waals surface area contributed by atoms with Crippen molar-refractivity contribution in [3.8, 4) is 0 Å². The summed E-state index contributed by atoms with van der Waals surface area (Å²) in [6.45, 7) is 7.54. The van der Waals surface area contributed by atoms with E-state index in [4.69, 9.17) is 4.74 Å². The third-order valence-corrected chi connectivity index (χ3v) is 4.03. The molecule has 1 saturated carbocycles. The number of hydrogen-bond acceptors (Lipinski definition) is 3. The minimum atomic E-state index is -0.750. The van der Waals surface area contributed by atoms with Crippen molar-refractivity contribution in [3.05, 3.63) is 0 Å². The van der Waals surface area contributed by atoms with E-state index < -0.39 is 17.0 Å². The summed E-state index contributed by atoms with van der Waals surface area (Å²) in [4.78, 5) is 23.9. The molecule has 0 heterocycles. The fourth-order valence-corrected chi connectivity index (χ4v) is 3.07. The van der Waals surface area contributed by atoms with Crippen LogP contribution in [0.25, 0.3) is 0 Å². The molecule has 4 heteroatoms. The van der Waals surface area contributed by atoms with Gasteiger partial charge in [0, 0.05) is 0 Å². The normalized spacial score (nSPS) is 19.6. The first-order valence-corrected chi connectivity index (χ1v) is 7.66. The molecule has 1 atom stereocenters. The highest BCUT2D eigenvalue weighted by molar-refractivity contribution is 5.78. The van der Waals surface area contributed by atoms with Gasteiger partial charge in [0.15, 0.2) is 0 Å². The number of hydrogen-bond donors (Lipinski definition) is 1. The molecule has 1 aliphatic carbocycles. The molecule has 1 rings (SSSR count). The van der Waals surface area contributed by atoms with Gasteiger partial charge in [-0.1, -0.05) is 26.2 Å². The maximum atomic E-state index is 12.3. The van der Waals surface area contributed by atoms with Gasteiger partial charge >= 0.3 is 11.9 Å². The standard InChI is InChI=1S/C16H28O4/c1-5-8-12(13(17)20-15(2,3)4)11-16(14(18)19)9-6-7-10-16/h12H,5-11H2,1-4H3,(H,18,19)/t12-/m1/s1. The van der Waals surface area contributed by atoms with Crippen molar-refractivity contribution in [2.24, 2.45) is 11.3 Å². The van der Waals surface area contributed by atoms with E-state index in [-0.39, 0.29) is 11.9 Å². The number of carboxylic acids is 1. The summed E-state index contributed by atoms with van der Waals surface area (Å²) in [6, 6.07) is 0. The Bertz CT molecular complexity index is 348. The molecular weight excluding hydrogens is 256 g/mol. The molecular formula is C16H28O4. The number of carboxylic acid groups (broad SMARTS) is 1. The number of rotatable bonds is 6. The van der Waals surface area contributed by atoms with Crippen LogP contribution in [0.4, 0.5) is 0 Å². The Morgan fingerprint density at radius 2 is 1.80 bits per heavy atom. The predicted molar refractivity (Wildman–Crippen MR) is 77.4 cm³/mol. The Morgan fingerprint density at radius 3 is 2.20 bits per heavy atom. The summed E-state index contributed by atoms with van der Waals surface area (Å²) < 4.78 is 5.46. The minimum Gasteiger partial charge on any atom is -0.481 e. The monoisotopic (exact) mass is 284 g/mol. The maximum Gasteiger partial charge on any atom is 0.309 e. The molecule has 0 amide bonds. The van der Waals surface area contributed by atoms with Crippen molar-refractivity contribution in [2.45, 2.75) is 78.2 Å². The molecule has 0 aliphatic heterocycles. The Balaban J connectivity index is 2.80. The third kappa shape index (κ3) is 4.50. The SMILES string of the molecule is CCC[C@H](CC1(C(=O)O)CCCC1)C(=O)OC(C)(C)C. The van der Waals surface area contributed by atoms with Crippen molar-refractivity contribution >= 4 is 11.9 Å². The van der Waals surface area contributed by atoms with Crippen LogP contribution in [0.3, 0.4) is 0 Å². The quantitative estimate of drug-likeness (QED) is 0.754. The molecule has 0 bridgehead atoms. The topological polar surface area (TPSA) is 63.6 Å². The zero-order valence-electron chi connectivity index (χ0n) is 13.2. The van der Waals surface area contributed by atoms with Crippen LogP contribution >= 0.6 is 0 Å². The molecule has 1 fully saturated rings. The number of carbonyl (C=O) groups excluding carboxylic acids is 1. The van der Waals surface area contributed by atoms with Crippen LogP contribution in [0, 0.1) is 11.3 Å². The molecule has 1 aliphatic rings. The molecule has 0 saturated heterocycles. The number of carbonyl (C=O) groups is 2. The van der Waals surface area contributed by atoms with Crippen molar-refractivity contribution in [3.63, 3.8) is 0 Å². The summed E-state index contributed by atoms with van der Waals surface area (Å²) in [5, 5.41) is 9.54. The zero-order valence-corrected chi connectivity index (χ0v) is 13.2. The van der Waals surface area contributed by atoms with Gasteiger partial charge in [-0.15, -0.1) is 0 Å². The average molecular weight is 284 g/mol. The lowest BCUT2D eigenvalue weighted by molar-refractivity contribution is -0.163. The van der Waals surface area contributed by atoms with Crippen LogP contribution in [0.15, 0.2) is 0 Å². The predicted octanol–water partition coefficient (Wildman–Crippen LogP) is 3.78. The minimum absolute atomic E-state index is 0.244. The van der Waals surface area contributed by atoms with Gasteiger partial charge in [-0.25, -0.2) is 0 Å². The lowest BCUT2D eigenvalue weighted by Gasteiger charge is -2.30. The number of aliphatic carboxylic acids is 1. The number of esters is 1.